The van der Waals surface area contributed by atoms with Gasteiger partial charge in [0, 0.05) is 32.1 Å². The zero-order valence-corrected chi connectivity index (χ0v) is 11.2. The lowest BCUT2D eigenvalue weighted by molar-refractivity contribution is -0.119. The van der Waals surface area contributed by atoms with Gasteiger partial charge in [-0.1, -0.05) is 0 Å². The van der Waals surface area contributed by atoms with Gasteiger partial charge in [0.2, 0.25) is 5.91 Å². The van der Waals surface area contributed by atoms with E-state index in [4.69, 9.17) is 0 Å². The van der Waals surface area contributed by atoms with E-state index >= 15 is 0 Å². The number of rotatable bonds is 2. The van der Waals surface area contributed by atoms with Crippen LogP contribution in [-0.2, 0) is 4.79 Å². The molecule has 0 aliphatic carbocycles. The minimum absolute atomic E-state index is 0.242. The van der Waals surface area contributed by atoms with Crippen molar-refractivity contribution in [1.29, 1.82) is 0 Å². The van der Waals surface area contributed by atoms with Gasteiger partial charge in [-0.3, -0.25) is 4.79 Å². The molecule has 3 aliphatic heterocycles. The number of nitrogens with one attached hydrogen (secondary N) is 2. The van der Waals surface area contributed by atoms with Crippen LogP contribution in [-0.4, -0.2) is 49.6 Å². The molecule has 0 aromatic rings. The maximum absolute atomic E-state index is 11.3. The standard InChI is InChI=1S/C14H25N3O/c18-13-4-3-12(16-13)9-17-8-2-6-14(11-17)5-1-7-15-10-14/h12,15H,1-11H2,(H,16,18). The van der Waals surface area contributed by atoms with Crippen molar-refractivity contribution in [2.24, 2.45) is 5.41 Å². The maximum atomic E-state index is 11.3. The predicted molar refractivity (Wildman–Crippen MR) is 71.4 cm³/mol. The molecule has 18 heavy (non-hydrogen) atoms. The van der Waals surface area contributed by atoms with Crippen LogP contribution >= 0.6 is 0 Å². The van der Waals surface area contributed by atoms with E-state index in [1.165, 1.54) is 51.9 Å². The number of hydrogen-bond donors (Lipinski definition) is 2. The molecule has 0 saturated carbocycles. The first-order valence-corrected chi connectivity index (χ1v) is 7.48. The molecule has 3 aliphatic rings. The van der Waals surface area contributed by atoms with Gasteiger partial charge in [0.25, 0.3) is 0 Å². The lowest BCUT2D eigenvalue weighted by Gasteiger charge is -2.46. The summed E-state index contributed by atoms with van der Waals surface area (Å²) in [5.74, 6) is 0.242. The summed E-state index contributed by atoms with van der Waals surface area (Å²) in [7, 11) is 0. The molecule has 3 heterocycles. The minimum Gasteiger partial charge on any atom is -0.352 e. The van der Waals surface area contributed by atoms with Crippen molar-refractivity contribution in [2.75, 3.05) is 32.7 Å². The van der Waals surface area contributed by atoms with Crippen LogP contribution in [0.15, 0.2) is 0 Å². The SMILES string of the molecule is O=C1CCC(CN2CCCC3(CCCNC3)C2)N1. The fourth-order valence-electron chi connectivity index (χ4n) is 3.97. The molecule has 4 heteroatoms. The highest BCUT2D eigenvalue weighted by Gasteiger charge is 2.37. The van der Waals surface area contributed by atoms with Crippen LogP contribution in [0, 0.1) is 5.41 Å². The third kappa shape index (κ3) is 2.69. The molecule has 0 aromatic carbocycles. The van der Waals surface area contributed by atoms with Crippen LogP contribution in [0.2, 0.25) is 0 Å². The van der Waals surface area contributed by atoms with Crippen LogP contribution < -0.4 is 10.6 Å². The molecular weight excluding hydrogens is 226 g/mol. The van der Waals surface area contributed by atoms with Crippen LogP contribution in [0.3, 0.4) is 0 Å². The minimum atomic E-state index is 0.242. The second-order valence-electron chi connectivity index (χ2n) is 6.42. The monoisotopic (exact) mass is 251 g/mol. The van der Waals surface area contributed by atoms with Gasteiger partial charge in [0.05, 0.1) is 0 Å². The first kappa shape index (κ1) is 12.4. The molecule has 2 unspecified atom stereocenters. The van der Waals surface area contributed by atoms with Crippen LogP contribution in [0.25, 0.3) is 0 Å². The number of carbonyl (C=O) groups excluding carboxylic acids is 1. The molecule has 0 radical (unpaired) electrons. The zero-order valence-electron chi connectivity index (χ0n) is 11.2. The van der Waals surface area contributed by atoms with E-state index in [1.54, 1.807) is 0 Å². The summed E-state index contributed by atoms with van der Waals surface area (Å²) in [6.07, 6.45) is 7.17. The topological polar surface area (TPSA) is 44.4 Å². The third-order valence-electron chi connectivity index (χ3n) is 4.86. The van der Waals surface area contributed by atoms with Gasteiger partial charge in [-0.05, 0) is 50.6 Å². The Labute approximate surface area is 109 Å². The average Bonchev–Trinajstić information content (AvgIpc) is 2.76. The van der Waals surface area contributed by atoms with Crippen LogP contribution in [0.4, 0.5) is 0 Å². The van der Waals surface area contributed by atoms with Crippen molar-refractivity contribution in [3.8, 4) is 0 Å². The molecule has 4 nitrogen and oxygen atoms in total. The van der Waals surface area contributed by atoms with E-state index in [-0.39, 0.29) is 5.91 Å². The Balaban J connectivity index is 1.55. The molecular formula is C14H25N3O. The molecule has 3 fully saturated rings. The molecule has 0 aromatic heterocycles. The van der Waals surface area contributed by atoms with E-state index in [9.17, 15) is 4.79 Å². The third-order valence-corrected chi connectivity index (χ3v) is 4.86. The van der Waals surface area contributed by atoms with Gasteiger partial charge >= 0.3 is 0 Å². The van der Waals surface area contributed by atoms with Gasteiger partial charge in [0.1, 0.15) is 0 Å². The molecule has 102 valence electrons. The normalized spacial score (nSPS) is 38.0. The summed E-state index contributed by atoms with van der Waals surface area (Å²) in [6.45, 7) is 5.90. The highest BCUT2D eigenvalue weighted by Crippen LogP contribution is 2.36. The second kappa shape index (κ2) is 5.17. The largest absolute Gasteiger partial charge is 0.352 e. The zero-order chi connectivity index (χ0) is 12.4. The Kier molecular flexibility index (Phi) is 3.57. The predicted octanol–water partition coefficient (Wildman–Crippen LogP) is 0.731. The summed E-state index contributed by atoms with van der Waals surface area (Å²) < 4.78 is 0. The van der Waals surface area contributed by atoms with Crippen molar-refractivity contribution in [3.63, 3.8) is 0 Å². The van der Waals surface area contributed by atoms with Crippen molar-refractivity contribution >= 4 is 5.91 Å². The Bertz CT molecular complexity index is 307. The Morgan fingerprint density at radius 1 is 1.33 bits per heavy atom. The van der Waals surface area contributed by atoms with Crippen molar-refractivity contribution < 1.29 is 4.79 Å². The fourth-order valence-corrected chi connectivity index (χ4v) is 3.97. The van der Waals surface area contributed by atoms with Gasteiger partial charge in [0.15, 0.2) is 0 Å². The maximum Gasteiger partial charge on any atom is 0.220 e. The number of likely N-dealkylation sites (tertiary alicyclic amines) is 1. The number of hydrogen-bond acceptors (Lipinski definition) is 3. The van der Waals surface area contributed by atoms with Gasteiger partial charge < -0.3 is 15.5 Å². The fraction of sp³-hybridized carbons (Fsp3) is 0.929. The Morgan fingerprint density at radius 3 is 2.94 bits per heavy atom. The van der Waals surface area contributed by atoms with Gasteiger partial charge in [-0.15, -0.1) is 0 Å². The molecule has 1 amide bonds. The van der Waals surface area contributed by atoms with Crippen LogP contribution in [0.5, 0.6) is 0 Å². The van der Waals surface area contributed by atoms with E-state index in [0.29, 0.717) is 11.5 Å². The Morgan fingerprint density at radius 2 is 2.22 bits per heavy atom. The van der Waals surface area contributed by atoms with E-state index < -0.39 is 0 Å². The van der Waals surface area contributed by atoms with Crippen molar-refractivity contribution in [3.05, 3.63) is 0 Å². The summed E-state index contributed by atoms with van der Waals surface area (Å²) in [5, 5.41) is 6.67. The Hall–Kier alpha value is -0.610. The number of piperidine rings is 2. The molecule has 3 rings (SSSR count). The molecule has 1 spiro atoms. The van der Waals surface area contributed by atoms with E-state index in [2.05, 4.69) is 15.5 Å². The van der Waals surface area contributed by atoms with E-state index in [0.717, 1.165) is 19.4 Å². The lowest BCUT2D eigenvalue weighted by atomic mass is 9.74. The first-order chi connectivity index (χ1) is 8.76. The summed E-state index contributed by atoms with van der Waals surface area (Å²) in [5.41, 5.74) is 0.527. The summed E-state index contributed by atoms with van der Waals surface area (Å²) in [4.78, 5) is 13.8. The highest BCUT2D eigenvalue weighted by atomic mass is 16.1. The molecule has 0 bridgehead atoms. The van der Waals surface area contributed by atoms with Crippen molar-refractivity contribution in [2.45, 2.75) is 44.6 Å². The van der Waals surface area contributed by atoms with Gasteiger partial charge in [-0.25, -0.2) is 0 Å². The number of nitrogens with zero attached hydrogens (tertiary/aromatic N) is 1. The number of carbonyl (C=O) groups is 1. The average molecular weight is 251 g/mol. The highest BCUT2D eigenvalue weighted by molar-refractivity contribution is 5.78. The number of amides is 1. The van der Waals surface area contributed by atoms with Crippen molar-refractivity contribution in [1.82, 2.24) is 15.5 Å². The molecule has 3 saturated heterocycles. The molecule has 2 atom stereocenters. The first-order valence-electron chi connectivity index (χ1n) is 7.48. The summed E-state index contributed by atoms with van der Waals surface area (Å²) in [6, 6.07) is 0.407. The van der Waals surface area contributed by atoms with E-state index in [1.807, 2.05) is 0 Å². The molecule has 2 N–H and O–H groups in total. The quantitative estimate of drug-likeness (QED) is 0.760. The lowest BCUT2D eigenvalue weighted by Crippen LogP contribution is -2.53. The van der Waals surface area contributed by atoms with Gasteiger partial charge in [-0.2, -0.15) is 0 Å². The smallest absolute Gasteiger partial charge is 0.220 e. The van der Waals surface area contributed by atoms with Crippen LogP contribution in [0.1, 0.15) is 38.5 Å². The second-order valence-corrected chi connectivity index (χ2v) is 6.42. The summed E-state index contributed by atoms with van der Waals surface area (Å²) >= 11 is 0.